The highest BCUT2D eigenvalue weighted by Gasteiger charge is 2.31. The molecule has 0 aromatic rings. The van der Waals surface area contributed by atoms with E-state index in [0.29, 0.717) is 6.54 Å². The molecule has 1 aliphatic rings. The Morgan fingerprint density at radius 3 is 2.48 bits per heavy atom. The highest BCUT2D eigenvalue weighted by atomic mass is 16.6. The Labute approximate surface area is 137 Å². The van der Waals surface area contributed by atoms with Crippen LogP contribution in [0.3, 0.4) is 0 Å². The second-order valence-corrected chi connectivity index (χ2v) is 6.88. The van der Waals surface area contributed by atoms with Crippen molar-refractivity contribution in [2.24, 2.45) is 0 Å². The molecule has 1 fully saturated rings. The third kappa shape index (κ3) is 6.88. The highest BCUT2D eigenvalue weighted by Crippen LogP contribution is 2.20. The van der Waals surface area contributed by atoms with Crippen molar-refractivity contribution in [2.45, 2.75) is 71.6 Å². The van der Waals surface area contributed by atoms with Crippen LogP contribution in [0, 0.1) is 0 Å². The van der Waals surface area contributed by atoms with E-state index in [4.69, 9.17) is 9.47 Å². The van der Waals surface area contributed by atoms with Crippen molar-refractivity contribution in [3.63, 3.8) is 0 Å². The summed E-state index contributed by atoms with van der Waals surface area (Å²) in [5.74, 6) is -0.794. The fraction of sp³-hybridized carbons (Fsp3) is 0.812. The first-order chi connectivity index (χ1) is 10.6. The number of nitrogens with zero attached hydrogens (tertiary/aromatic N) is 1. The van der Waals surface area contributed by atoms with E-state index in [1.165, 1.54) is 6.92 Å². The van der Waals surface area contributed by atoms with E-state index in [2.05, 4.69) is 5.32 Å². The molecule has 0 bridgehead atoms. The first-order valence-corrected chi connectivity index (χ1v) is 8.03. The molecule has 2 atom stereocenters. The van der Waals surface area contributed by atoms with E-state index in [-0.39, 0.29) is 24.6 Å². The second kappa shape index (κ2) is 8.17. The van der Waals surface area contributed by atoms with Gasteiger partial charge in [-0.15, -0.1) is 0 Å². The van der Waals surface area contributed by atoms with Crippen molar-refractivity contribution in [2.75, 3.05) is 13.2 Å². The molecule has 132 valence electrons. The maximum Gasteiger partial charge on any atom is 0.410 e. The van der Waals surface area contributed by atoms with Crippen LogP contribution < -0.4 is 5.32 Å². The van der Waals surface area contributed by atoms with Gasteiger partial charge in [-0.1, -0.05) is 0 Å². The Morgan fingerprint density at radius 1 is 1.26 bits per heavy atom. The Kier molecular flexibility index (Phi) is 6.84. The van der Waals surface area contributed by atoms with Crippen LogP contribution in [-0.4, -0.2) is 53.7 Å². The summed E-state index contributed by atoms with van der Waals surface area (Å²) in [6, 6.07) is -0.891. The van der Waals surface area contributed by atoms with Gasteiger partial charge in [-0.05, 0) is 47.0 Å². The lowest BCUT2D eigenvalue weighted by molar-refractivity contribution is -0.149. The molecule has 0 spiro atoms. The number of carbonyl (C=O) groups excluding carboxylic acids is 3. The summed E-state index contributed by atoms with van der Waals surface area (Å²) in [5, 5.41) is 2.48. The number of rotatable bonds is 4. The van der Waals surface area contributed by atoms with Crippen molar-refractivity contribution in [3.05, 3.63) is 0 Å². The Hall–Kier alpha value is -1.79. The minimum absolute atomic E-state index is 0.113. The molecule has 0 saturated carbocycles. The van der Waals surface area contributed by atoms with Crippen LogP contribution in [0.2, 0.25) is 0 Å². The minimum atomic E-state index is -0.703. The Bertz CT molecular complexity index is 444. The van der Waals surface area contributed by atoms with Crippen LogP contribution in [0.1, 0.15) is 53.9 Å². The number of carbonyl (C=O) groups is 3. The van der Waals surface area contributed by atoms with Crippen LogP contribution in [-0.2, 0) is 19.1 Å². The van der Waals surface area contributed by atoms with Gasteiger partial charge in [0.25, 0.3) is 0 Å². The Balaban J connectivity index is 2.56. The zero-order valence-electron chi connectivity index (χ0n) is 14.7. The first kappa shape index (κ1) is 19.3. The summed E-state index contributed by atoms with van der Waals surface area (Å²) in [6.45, 7) is 9.07. The van der Waals surface area contributed by atoms with E-state index in [1.54, 1.807) is 11.8 Å². The molecule has 0 radical (unpaired) electrons. The van der Waals surface area contributed by atoms with Gasteiger partial charge in [0.05, 0.1) is 6.04 Å². The van der Waals surface area contributed by atoms with Gasteiger partial charge < -0.3 is 19.7 Å². The fourth-order valence-corrected chi connectivity index (χ4v) is 2.40. The summed E-state index contributed by atoms with van der Waals surface area (Å²) in [5.41, 5.74) is -0.560. The van der Waals surface area contributed by atoms with Crippen molar-refractivity contribution in [1.82, 2.24) is 10.2 Å². The lowest BCUT2D eigenvalue weighted by Crippen LogP contribution is -2.49. The number of nitrogens with one attached hydrogen (secondary N) is 1. The number of esters is 1. The molecule has 0 aromatic heterocycles. The van der Waals surface area contributed by atoms with Gasteiger partial charge in [0.15, 0.2) is 0 Å². The average molecular weight is 328 g/mol. The highest BCUT2D eigenvalue weighted by molar-refractivity contribution is 5.82. The first-order valence-electron chi connectivity index (χ1n) is 8.03. The van der Waals surface area contributed by atoms with E-state index >= 15 is 0 Å². The van der Waals surface area contributed by atoms with Gasteiger partial charge in [0.2, 0.25) is 5.91 Å². The fourth-order valence-electron chi connectivity index (χ4n) is 2.40. The molecule has 7 nitrogen and oxygen atoms in total. The molecular formula is C16H28N2O5. The predicted octanol–water partition coefficient (Wildman–Crippen LogP) is 1.84. The van der Waals surface area contributed by atoms with Crippen LogP contribution in [0.5, 0.6) is 0 Å². The number of piperidine rings is 1. The van der Waals surface area contributed by atoms with Crippen LogP contribution in [0.25, 0.3) is 0 Å². The second-order valence-electron chi connectivity index (χ2n) is 6.88. The van der Waals surface area contributed by atoms with Gasteiger partial charge in [0, 0.05) is 13.5 Å². The molecule has 2 amide bonds. The molecule has 23 heavy (non-hydrogen) atoms. The summed E-state index contributed by atoms with van der Waals surface area (Å²) in [4.78, 5) is 36.7. The van der Waals surface area contributed by atoms with E-state index in [1.807, 2.05) is 20.8 Å². The standard InChI is InChI=1S/C16H28N2O5/c1-11(17-12(2)19)14(20)22-10-13-8-6-7-9-18(13)15(21)23-16(3,4)5/h11,13H,6-10H2,1-5H3,(H,17,19)/t11-,13-/m1/s1. The number of likely N-dealkylation sites (tertiary alicyclic amines) is 1. The summed E-state index contributed by atoms with van der Waals surface area (Å²) < 4.78 is 10.7. The third-order valence-corrected chi connectivity index (χ3v) is 3.45. The van der Waals surface area contributed by atoms with Gasteiger partial charge in [-0.2, -0.15) is 0 Å². The van der Waals surface area contributed by atoms with E-state index in [9.17, 15) is 14.4 Å². The number of hydrogen-bond acceptors (Lipinski definition) is 5. The topological polar surface area (TPSA) is 84.9 Å². The molecule has 0 aromatic carbocycles. The molecule has 1 aliphatic heterocycles. The van der Waals surface area contributed by atoms with Crippen LogP contribution in [0.4, 0.5) is 4.79 Å². The molecule has 7 heteroatoms. The van der Waals surface area contributed by atoms with Crippen molar-refractivity contribution < 1.29 is 23.9 Å². The number of hydrogen-bond donors (Lipinski definition) is 1. The summed E-state index contributed by atoms with van der Waals surface area (Å²) in [7, 11) is 0. The molecule has 1 heterocycles. The Morgan fingerprint density at radius 2 is 1.91 bits per heavy atom. The van der Waals surface area contributed by atoms with E-state index < -0.39 is 17.6 Å². The van der Waals surface area contributed by atoms with Gasteiger partial charge in [-0.25, -0.2) is 9.59 Å². The number of amides is 2. The van der Waals surface area contributed by atoms with Crippen molar-refractivity contribution in [3.8, 4) is 0 Å². The normalized spacial score (nSPS) is 19.7. The van der Waals surface area contributed by atoms with Crippen LogP contribution >= 0.6 is 0 Å². The third-order valence-electron chi connectivity index (χ3n) is 3.45. The minimum Gasteiger partial charge on any atom is -0.462 e. The lowest BCUT2D eigenvalue weighted by atomic mass is 10.0. The van der Waals surface area contributed by atoms with Crippen LogP contribution in [0.15, 0.2) is 0 Å². The quantitative estimate of drug-likeness (QED) is 0.796. The smallest absolute Gasteiger partial charge is 0.410 e. The summed E-state index contributed by atoms with van der Waals surface area (Å²) >= 11 is 0. The number of ether oxygens (including phenoxy) is 2. The molecule has 1 N–H and O–H groups in total. The monoisotopic (exact) mass is 328 g/mol. The van der Waals surface area contributed by atoms with E-state index in [0.717, 1.165) is 19.3 Å². The molecule has 0 aliphatic carbocycles. The SMILES string of the molecule is CC(=O)N[C@H](C)C(=O)OC[C@H]1CCCCN1C(=O)OC(C)(C)C. The predicted molar refractivity (Wildman–Crippen MR) is 84.8 cm³/mol. The summed E-state index contributed by atoms with van der Waals surface area (Å²) in [6.07, 6.45) is 2.27. The lowest BCUT2D eigenvalue weighted by Gasteiger charge is -2.36. The average Bonchev–Trinajstić information content (AvgIpc) is 2.42. The molecule has 1 saturated heterocycles. The largest absolute Gasteiger partial charge is 0.462 e. The van der Waals surface area contributed by atoms with Gasteiger partial charge in [0.1, 0.15) is 18.2 Å². The van der Waals surface area contributed by atoms with Gasteiger partial charge in [-0.3, -0.25) is 4.79 Å². The maximum absolute atomic E-state index is 12.3. The molecule has 0 unspecified atom stereocenters. The zero-order chi connectivity index (χ0) is 17.6. The molecular weight excluding hydrogens is 300 g/mol. The van der Waals surface area contributed by atoms with Gasteiger partial charge >= 0.3 is 12.1 Å². The maximum atomic E-state index is 12.3. The zero-order valence-corrected chi connectivity index (χ0v) is 14.7. The van der Waals surface area contributed by atoms with Crippen molar-refractivity contribution in [1.29, 1.82) is 0 Å². The molecule has 1 rings (SSSR count). The van der Waals surface area contributed by atoms with Crippen molar-refractivity contribution >= 4 is 18.0 Å².